The van der Waals surface area contributed by atoms with Crippen LogP contribution in [0.3, 0.4) is 0 Å². The van der Waals surface area contributed by atoms with Crippen LogP contribution in [0.4, 0.5) is 13.2 Å². The Balaban J connectivity index is 1.93. The summed E-state index contributed by atoms with van der Waals surface area (Å²) in [6, 6.07) is 5.88. The lowest BCUT2D eigenvalue weighted by Gasteiger charge is -2.09. The molecule has 0 radical (unpaired) electrons. The third kappa shape index (κ3) is 5.23. The summed E-state index contributed by atoms with van der Waals surface area (Å²) >= 11 is 0. The van der Waals surface area contributed by atoms with Crippen molar-refractivity contribution in [2.45, 2.75) is 19.6 Å². The predicted octanol–water partition coefficient (Wildman–Crippen LogP) is 2.46. The van der Waals surface area contributed by atoms with Gasteiger partial charge in [0.25, 0.3) is 5.91 Å². The molecule has 1 N–H and O–H groups in total. The highest BCUT2D eigenvalue weighted by Crippen LogP contribution is 2.28. The number of methoxy groups -OCH3 is 1. The molecule has 7 nitrogen and oxygen atoms in total. The van der Waals surface area contributed by atoms with Crippen molar-refractivity contribution < 1.29 is 27.4 Å². The van der Waals surface area contributed by atoms with Crippen LogP contribution in [0.5, 0.6) is 11.5 Å². The van der Waals surface area contributed by atoms with Gasteiger partial charge in [0, 0.05) is 6.20 Å². The molecule has 0 bridgehead atoms. The van der Waals surface area contributed by atoms with Gasteiger partial charge in [0.15, 0.2) is 17.2 Å². The van der Waals surface area contributed by atoms with Crippen LogP contribution < -0.4 is 14.9 Å². The first-order valence-corrected chi connectivity index (χ1v) is 7.57. The zero-order valence-electron chi connectivity index (χ0n) is 14.1. The fourth-order valence-corrected chi connectivity index (χ4v) is 2.00. The van der Waals surface area contributed by atoms with Crippen LogP contribution >= 0.6 is 0 Å². The molecule has 140 valence electrons. The molecule has 0 unspecified atom stereocenters. The van der Waals surface area contributed by atoms with Crippen LogP contribution in [0.2, 0.25) is 0 Å². The van der Waals surface area contributed by atoms with E-state index in [9.17, 15) is 18.0 Å². The molecule has 0 aliphatic rings. The van der Waals surface area contributed by atoms with E-state index in [0.29, 0.717) is 23.7 Å². The molecule has 10 heteroatoms. The monoisotopic (exact) mass is 370 g/mol. The quantitative estimate of drug-likeness (QED) is 0.600. The smallest absolute Gasteiger partial charge is 0.435 e. The Labute approximate surface area is 147 Å². The van der Waals surface area contributed by atoms with E-state index >= 15 is 0 Å². The molecule has 0 aliphatic carbocycles. The van der Waals surface area contributed by atoms with Gasteiger partial charge < -0.3 is 9.47 Å². The Morgan fingerprint density at radius 2 is 2.12 bits per heavy atom. The van der Waals surface area contributed by atoms with Crippen molar-refractivity contribution in [2.75, 3.05) is 13.7 Å². The van der Waals surface area contributed by atoms with Crippen LogP contribution in [0, 0.1) is 0 Å². The second-order valence-corrected chi connectivity index (χ2v) is 5.03. The zero-order valence-corrected chi connectivity index (χ0v) is 14.1. The van der Waals surface area contributed by atoms with Crippen LogP contribution in [0.25, 0.3) is 0 Å². The number of hydrogen-bond donors (Lipinski definition) is 1. The van der Waals surface area contributed by atoms with Gasteiger partial charge in [-0.05, 0) is 36.8 Å². The van der Waals surface area contributed by atoms with Gasteiger partial charge in [0.1, 0.15) is 6.54 Å². The number of aromatic nitrogens is 2. The molecule has 0 fully saturated rings. The van der Waals surface area contributed by atoms with E-state index in [1.807, 2.05) is 6.92 Å². The largest absolute Gasteiger partial charge is 0.493 e. The van der Waals surface area contributed by atoms with Crippen molar-refractivity contribution in [3.63, 3.8) is 0 Å². The number of carbonyl (C=O) groups excluding carboxylic acids is 1. The number of halogens is 3. The normalized spacial score (nSPS) is 11.6. The standard InChI is InChI=1S/C16H17F3N4O3/c1-3-26-12-5-4-11(8-13(12)25-2)9-20-21-15(24)10-23-7-6-14(22-23)16(17,18)19/h4-9H,3,10H2,1-2H3,(H,21,24)/b20-9-. The van der Waals surface area contributed by atoms with Crippen LogP contribution in [-0.4, -0.2) is 35.6 Å². The fourth-order valence-electron chi connectivity index (χ4n) is 2.00. The minimum Gasteiger partial charge on any atom is -0.493 e. The summed E-state index contributed by atoms with van der Waals surface area (Å²) in [6.07, 6.45) is -2.10. The number of ether oxygens (including phenoxy) is 2. The average molecular weight is 370 g/mol. The van der Waals surface area contributed by atoms with Crippen LogP contribution in [0.15, 0.2) is 35.6 Å². The number of amides is 1. The van der Waals surface area contributed by atoms with Gasteiger partial charge in [0.2, 0.25) is 0 Å². The number of nitrogens with zero attached hydrogens (tertiary/aromatic N) is 3. The van der Waals surface area contributed by atoms with E-state index in [4.69, 9.17) is 9.47 Å². The Morgan fingerprint density at radius 3 is 2.73 bits per heavy atom. The highest BCUT2D eigenvalue weighted by atomic mass is 19.4. The Morgan fingerprint density at radius 1 is 1.35 bits per heavy atom. The molecule has 0 saturated carbocycles. The van der Waals surface area contributed by atoms with Crippen molar-refractivity contribution in [2.24, 2.45) is 5.10 Å². The summed E-state index contributed by atoms with van der Waals surface area (Å²) in [6.45, 7) is 1.95. The van der Waals surface area contributed by atoms with E-state index in [0.717, 1.165) is 16.9 Å². The van der Waals surface area contributed by atoms with Gasteiger partial charge in [-0.15, -0.1) is 0 Å². The zero-order chi connectivity index (χ0) is 19.2. The minimum atomic E-state index is -4.55. The second kappa shape index (κ2) is 8.37. The first-order valence-electron chi connectivity index (χ1n) is 7.57. The topological polar surface area (TPSA) is 77.7 Å². The molecule has 0 spiro atoms. The third-order valence-corrected chi connectivity index (χ3v) is 3.13. The van der Waals surface area contributed by atoms with E-state index in [1.165, 1.54) is 13.3 Å². The maximum absolute atomic E-state index is 12.4. The molecule has 0 atom stereocenters. The number of alkyl halides is 3. The second-order valence-electron chi connectivity index (χ2n) is 5.03. The first kappa shape index (κ1) is 19.3. The predicted molar refractivity (Wildman–Crippen MR) is 87.1 cm³/mol. The van der Waals surface area contributed by atoms with E-state index in [-0.39, 0.29) is 6.54 Å². The fraction of sp³-hybridized carbons (Fsp3) is 0.312. The van der Waals surface area contributed by atoms with Gasteiger partial charge in [-0.3, -0.25) is 9.48 Å². The molecule has 1 aromatic heterocycles. The summed E-state index contributed by atoms with van der Waals surface area (Å²) in [7, 11) is 1.50. The highest BCUT2D eigenvalue weighted by Gasteiger charge is 2.33. The summed E-state index contributed by atoms with van der Waals surface area (Å²) in [4.78, 5) is 11.7. The lowest BCUT2D eigenvalue weighted by atomic mass is 10.2. The molecule has 26 heavy (non-hydrogen) atoms. The van der Waals surface area contributed by atoms with E-state index in [2.05, 4.69) is 15.6 Å². The number of hydrazone groups is 1. The lowest BCUT2D eigenvalue weighted by molar-refractivity contribution is -0.141. The maximum Gasteiger partial charge on any atom is 0.435 e. The van der Waals surface area contributed by atoms with Crippen molar-refractivity contribution >= 4 is 12.1 Å². The number of benzene rings is 1. The molecule has 1 heterocycles. The first-order chi connectivity index (χ1) is 12.3. The van der Waals surface area contributed by atoms with Gasteiger partial charge in [-0.25, -0.2) is 5.43 Å². The highest BCUT2D eigenvalue weighted by molar-refractivity contribution is 5.83. The molecule has 1 aromatic carbocycles. The van der Waals surface area contributed by atoms with Gasteiger partial charge in [-0.2, -0.15) is 23.4 Å². The Bertz CT molecular complexity index is 787. The Kier molecular flexibility index (Phi) is 6.21. The summed E-state index contributed by atoms with van der Waals surface area (Å²) in [5.74, 6) is 0.477. The van der Waals surface area contributed by atoms with E-state index in [1.54, 1.807) is 18.2 Å². The molecule has 0 saturated heterocycles. The minimum absolute atomic E-state index is 0.389. The number of carbonyl (C=O) groups is 1. The summed E-state index contributed by atoms with van der Waals surface area (Å²) in [5.41, 5.74) is 1.80. The Hall–Kier alpha value is -3.04. The third-order valence-electron chi connectivity index (χ3n) is 3.13. The molecule has 2 aromatic rings. The number of nitrogens with one attached hydrogen (secondary N) is 1. The van der Waals surface area contributed by atoms with E-state index < -0.39 is 17.8 Å². The van der Waals surface area contributed by atoms with Crippen LogP contribution in [0.1, 0.15) is 18.2 Å². The average Bonchev–Trinajstić information content (AvgIpc) is 3.05. The SMILES string of the molecule is CCOc1ccc(/C=N\NC(=O)Cn2ccc(C(F)(F)F)n2)cc1OC. The van der Waals surface area contributed by atoms with Gasteiger partial charge in [-0.1, -0.05) is 0 Å². The van der Waals surface area contributed by atoms with Crippen LogP contribution in [-0.2, 0) is 17.5 Å². The van der Waals surface area contributed by atoms with Crippen molar-refractivity contribution in [3.8, 4) is 11.5 Å². The molecule has 2 rings (SSSR count). The molecular formula is C16H17F3N4O3. The van der Waals surface area contributed by atoms with Gasteiger partial charge in [0.05, 0.1) is 19.9 Å². The molecular weight excluding hydrogens is 353 g/mol. The van der Waals surface area contributed by atoms with Crippen molar-refractivity contribution in [1.29, 1.82) is 0 Å². The van der Waals surface area contributed by atoms with Crippen molar-refractivity contribution in [1.82, 2.24) is 15.2 Å². The summed E-state index contributed by atoms with van der Waals surface area (Å²) < 4.78 is 48.8. The number of rotatable bonds is 7. The summed E-state index contributed by atoms with van der Waals surface area (Å²) in [5, 5.41) is 7.05. The van der Waals surface area contributed by atoms with Crippen molar-refractivity contribution in [3.05, 3.63) is 41.7 Å². The molecule has 0 aliphatic heterocycles. The van der Waals surface area contributed by atoms with Gasteiger partial charge >= 0.3 is 6.18 Å². The molecule has 1 amide bonds. The lowest BCUT2D eigenvalue weighted by Crippen LogP contribution is -2.23. The maximum atomic E-state index is 12.4. The number of hydrogen-bond acceptors (Lipinski definition) is 5.